The van der Waals surface area contributed by atoms with Gasteiger partial charge in [-0.05, 0) is 24.6 Å². The third-order valence-corrected chi connectivity index (χ3v) is 3.74. The molecule has 0 radical (unpaired) electrons. The molecule has 1 atom stereocenters. The average molecular weight is 303 g/mol. The van der Waals surface area contributed by atoms with Gasteiger partial charge in [-0.1, -0.05) is 29.8 Å². The number of rotatable bonds is 4. The summed E-state index contributed by atoms with van der Waals surface area (Å²) >= 11 is 6.19. The first kappa shape index (κ1) is 14.0. The molecule has 0 aliphatic rings. The van der Waals surface area contributed by atoms with E-state index < -0.39 is 6.10 Å². The van der Waals surface area contributed by atoms with Gasteiger partial charge in [0.1, 0.15) is 6.10 Å². The van der Waals surface area contributed by atoms with E-state index in [1.54, 1.807) is 29.2 Å². The molecule has 0 saturated heterocycles. The average Bonchev–Trinajstić information content (AvgIpc) is 2.96. The Morgan fingerprint density at radius 2 is 2.19 bits per heavy atom. The Balaban J connectivity index is 2.12. The predicted molar refractivity (Wildman–Crippen MR) is 81.1 cm³/mol. The number of aliphatic hydroxyl groups excluding tert-OH is 1. The number of hydrogen-bond acceptors (Lipinski definition) is 4. The van der Waals surface area contributed by atoms with Gasteiger partial charge in [-0.25, -0.2) is 4.68 Å². The van der Waals surface area contributed by atoms with Crippen molar-refractivity contribution in [3.8, 4) is 0 Å². The normalized spacial score (nSPS) is 12.7. The van der Waals surface area contributed by atoms with Crippen LogP contribution < -0.4 is 0 Å². The summed E-state index contributed by atoms with van der Waals surface area (Å²) in [7, 11) is 0. The van der Waals surface area contributed by atoms with Crippen molar-refractivity contribution in [2.24, 2.45) is 0 Å². The third-order valence-electron chi connectivity index (χ3n) is 3.41. The van der Waals surface area contributed by atoms with E-state index in [1.165, 1.54) is 0 Å². The van der Waals surface area contributed by atoms with Crippen molar-refractivity contribution in [2.45, 2.75) is 26.0 Å². The zero-order valence-electron chi connectivity index (χ0n) is 11.6. The summed E-state index contributed by atoms with van der Waals surface area (Å²) in [5, 5.41) is 20.0. The smallest absolute Gasteiger partial charge is 0.124 e. The molecule has 2 aromatic heterocycles. The van der Waals surface area contributed by atoms with Crippen LogP contribution in [-0.2, 0) is 6.54 Å². The molecule has 3 aromatic rings. The minimum absolute atomic E-state index is 0.620. The van der Waals surface area contributed by atoms with Crippen molar-refractivity contribution >= 4 is 22.5 Å². The van der Waals surface area contributed by atoms with Crippen molar-refractivity contribution in [1.82, 2.24) is 20.0 Å². The highest BCUT2D eigenvalue weighted by molar-refractivity contribution is 6.35. The number of halogens is 1. The van der Waals surface area contributed by atoms with Crippen LogP contribution in [0.3, 0.4) is 0 Å². The first-order chi connectivity index (χ1) is 10.2. The molecule has 0 aliphatic carbocycles. The highest BCUT2D eigenvalue weighted by Crippen LogP contribution is 2.31. The Bertz CT molecular complexity index is 771. The zero-order valence-corrected chi connectivity index (χ0v) is 12.3. The second-order valence-electron chi connectivity index (χ2n) is 4.82. The van der Waals surface area contributed by atoms with E-state index in [0.717, 1.165) is 11.8 Å². The van der Waals surface area contributed by atoms with Crippen LogP contribution in [-0.4, -0.2) is 25.1 Å². The van der Waals surface area contributed by atoms with Crippen LogP contribution in [0, 0.1) is 0 Å². The fourth-order valence-electron chi connectivity index (χ4n) is 2.40. The zero-order chi connectivity index (χ0) is 14.8. The lowest BCUT2D eigenvalue weighted by Gasteiger charge is -2.14. The molecule has 5 nitrogen and oxygen atoms in total. The van der Waals surface area contributed by atoms with Gasteiger partial charge in [0.05, 0.1) is 17.4 Å². The topological polar surface area (TPSA) is 63.8 Å². The van der Waals surface area contributed by atoms with Crippen molar-refractivity contribution in [2.75, 3.05) is 0 Å². The Labute approximate surface area is 127 Å². The van der Waals surface area contributed by atoms with Crippen LogP contribution in [0.25, 0.3) is 10.9 Å². The molecule has 1 N–H and O–H groups in total. The Hall–Kier alpha value is -1.98. The molecule has 2 heterocycles. The molecule has 1 unspecified atom stereocenters. The second-order valence-corrected chi connectivity index (χ2v) is 5.23. The molecule has 0 aliphatic heterocycles. The molecule has 0 spiro atoms. The molecule has 3 rings (SSSR count). The maximum absolute atomic E-state index is 10.7. The van der Waals surface area contributed by atoms with E-state index in [4.69, 9.17) is 11.6 Å². The monoisotopic (exact) mass is 302 g/mol. The highest BCUT2D eigenvalue weighted by Gasteiger charge is 2.19. The van der Waals surface area contributed by atoms with Gasteiger partial charge in [0.25, 0.3) is 0 Å². The van der Waals surface area contributed by atoms with Crippen LogP contribution in [0.15, 0.2) is 36.7 Å². The molecule has 108 valence electrons. The summed E-state index contributed by atoms with van der Waals surface area (Å²) in [4.78, 5) is 4.35. The SMILES string of the molecule is CCCn1nncc1C(O)c1ccc(Cl)c2cccnc12. The fraction of sp³-hybridized carbons (Fsp3) is 0.267. The van der Waals surface area contributed by atoms with Gasteiger partial charge in [-0.3, -0.25) is 4.98 Å². The molecular formula is C15H15ClN4O. The van der Waals surface area contributed by atoms with E-state index in [9.17, 15) is 5.11 Å². The van der Waals surface area contributed by atoms with Gasteiger partial charge in [0.15, 0.2) is 0 Å². The number of fused-ring (bicyclic) bond motifs is 1. The quantitative estimate of drug-likeness (QED) is 0.805. The van der Waals surface area contributed by atoms with Crippen molar-refractivity contribution in [3.05, 3.63) is 52.9 Å². The van der Waals surface area contributed by atoms with Crippen LogP contribution in [0.1, 0.15) is 30.7 Å². The Kier molecular flexibility index (Phi) is 3.86. The van der Waals surface area contributed by atoms with Crippen LogP contribution >= 0.6 is 11.6 Å². The molecule has 6 heteroatoms. The number of aliphatic hydroxyl groups is 1. The lowest BCUT2D eigenvalue weighted by Crippen LogP contribution is -2.10. The van der Waals surface area contributed by atoms with Crippen LogP contribution in [0.4, 0.5) is 0 Å². The summed E-state index contributed by atoms with van der Waals surface area (Å²) in [6.45, 7) is 2.77. The van der Waals surface area contributed by atoms with Gasteiger partial charge in [0, 0.05) is 28.7 Å². The van der Waals surface area contributed by atoms with E-state index >= 15 is 0 Å². The van der Waals surface area contributed by atoms with Crippen molar-refractivity contribution < 1.29 is 5.11 Å². The number of aryl methyl sites for hydroxylation is 1. The molecule has 0 saturated carbocycles. The molecule has 21 heavy (non-hydrogen) atoms. The van der Waals surface area contributed by atoms with E-state index in [1.807, 2.05) is 12.1 Å². The molecule has 0 fully saturated rings. The van der Waals surface area contributed by atoms with Gasteiger partial charge in [0.2, 0.25) is 0 Å². The van der Waals surface area contributed by atoms with Crippen LogP contribution in [0.2, 0.25) is 5.02 Å². The number of aromatic nitrogens is 4. The van der Waals surface area contributed by atoms with E-state index in [-0.39, 0.29) is 0 Å². The van der Waals surface area contributed by atoms with Gasteiger partial charge < -0.3 is 5.11 Å². The molecule has 1 aromatic carbocycles. The Morgan fingerprint density at radius 3 is 3.00 bits per heavy atom. The first-order valence-corrected chi connectivity index (χ1v) is 7.19. The van der Waals surface area contributed by atoms with Gasteiger partial charge >= 0.3 is 0 Å². The molecule has 0 bridgehead atoms. The van der Waals surface area contributed by atoms with E-state index in [2.05, 4.69) is 22.2 Å². The standard InChI is InChI=1S/C15H15ClN4O/c1-2-8-20-13(9-18-19-20)15(21)11-5-6-12(16)10-4-3-7-17-14(10)11/h3-7,9,15,21H,2,8H2,1H3. The van der Waals surface area contributed by atoms with Gasteiger partial charge in [-0.2, -0.15) is 0 Å². The third kappa shape index (κ3) is 2.50. The second kappa shape index (κ2) is 5.79. The maximum atomic E-state index is 10.7. The Morgan fingerprint density at radius 1 is 1.33 bits per heavy atom. The maximum Gasteiger partial charge on any atom is 0.124 e. The number of pyridine rings is 1. The summed E-state index contributed by atoms with van der Waals surface area (Å²) in [5.74, 6) is 0. The lowest BCUT2D eigenvalue weighted by molar-refractivity contribution is 0.208. The minimum atomic E-state index is -0.832. The van der Waals surface area contributed by atoms with Gasteiger partial charge in [-0.15, -0.1) is 5.10 Å². The number of benzene rings is 1. The molecule has 0 amide bonds. The summed E-state index contributed by atoms with van der Waals surface area (Å²) in [6, 6.07) is 7.29. The predicted octanol–water partition coefficient (Wildman–Crippen LogP) is 2.97. The van der Waals surface area contributed by atoms with Crippen molar-refractivity contribution in [3.63, 3.8) is 0 Å². The number of hydrogen-bond donors (Lipinski definition) is 1. The van der Waals surface area contributed by atoms with Crippen LogP contribution in [0.5, 0.6) is 0 Å². The largest absolute Gasteiger partial charge is 0.382 e. The number of nitrogens with zero attached hydrogens (tertiary/aromatic N) is 4. The summed E-state index contributed by atoms with van der Waals surface area (Å²) in [5.41, 5.74) is 2.06. The minimum Gasteiger partial charge on any atom is -0.382 e. The van der Waals surface area contributed by atoms with Crippen molar-refractivity contribution in [1.29, 1.82) is 0 Å². The summed E-state index contributed by atoms with van der Waals surface area (Å²) in [6.07, 6.45) is 3.37. The fourth-order valence-corrected chi connectivity index (χ4v) is 2.62. The molecular weight excluding hydrogens is 288 g/mol. The first-order valence-electron chi connectivity index (χ1n) is 6.82. The van der Waals surface area contributed by atoms with E-state index in [0.29, 0.717) is 28.3 Å². The lowest BCUT2D eigenvalue weighted by atomic mass is 10.0. The highest BCUT2D eigenvalue weighted by atomic mass is 35.5. The summed E-state index contributed by atoms with van der Waals surface area (Å²) < 4.78 is 1.72.